The molecule has 0 spiro atoms. The number of hydrogen-bond donors (Lipinski definition) is 0. The lowest BCUT2D eigenvalue weighted by Gasteiger charge is -2.02. The van der Waals surface area contributed by atoms with Crippen molar-refractivity contribution in [2.45, 2.75) is 31.6 Å². The van der Waals surface area contributed by atoms with Gasteiger partial charge in [-0.3, -0.25) is 0 Å². The third-order valence-electron chi connectivity index (χ3n) is 2.27. The van der Waals surface area contributed by atoms with Crippen LogP contribution < -0.4 is 0 Å². The highest BCUT2D eigenvalue weighted by Gasteiger charge is 2.18. The summed E-state index contributed by atoms with van der Waals surface area (Å²) >= 11 is 5.08. The molecule has 0 atom stereocenters. The second-order valence-electron chi connectivity index (χ2n) is 3.01. The van der Waals surface area contributed by atoms with Crippen LogP contribution >= 0.6 is 27.3 Å². The predicted molar refractivity (Wildman–Crippen MR) is 51.0 cm³/mol. The Morgan fingerprint density at radius 2 is 2.18 bits per heavy atom. The van der Waals surface area contributed by atoms with E-state index in [4.69, 9.17) is 0 Å². The molecular weight excluding hydrogens is 222 g/mol. The standard InChI is InChI=1S/C8H10BrNS/c9-8-10-7(5-11-8)6-3-1-2-4-6/h5-6H,1-4H2. The second kappa shape index (κ2) is 3.23. The largest absolute Gasteiger partial charge is 0.234 e. The summed E-state index contributed by atoms with van der Waals surface area (Å²) < 4.78 is 1.03. The molecule has 0 radical (unpaired) electrons. The molecule has 1 heterocycles. The van der Waals surface area contributed by atoms with E-state index in [1.54, 1.807) is 11.3 Å². The number of thiazole rings is 1. The van der Waals surface area contributed by atoms with E-state index in [-0.39, 0.29) is 0 Å². The van der Waals surface area contributed by atoms with Crippen molar-refractivity contribution >= 4 is 27.3 Å². The van der Waals surface area contributed by atoms with Gasteiger partial charge in [0.2, 0.25) is 0 Å². The third-order valence-corrected chi connectivity index (χ3v) is 3.65. The van der Waals surface area contributed by atoms with E-state index >= 15 is 0 Å². The number of halogens is 1. The fourth-order valence-electron chi connectivity index (χ4n) is 1.67. The predicted octanol–water partition coefficient (Wildman–Crippen LogP) is 3.56. The Morgan fingerprint density at radius 3 is 2.73 bits per heavy atom. The van der Waals surface area contributed by atoms with Crippen LogP contribution in [0.5, 0.6) is 0 Å². The van der Waals surface area contributed by atoms with Crippen LogP contribution in [-0.4, -0.2) is 4.98 Å². The van der Waals surface area contributed by atoms with E-state index in [0.29, 0.717) is 0 Å². The normalized spacial score (nSPS) is 19.4. The molecule has 1 aliphatic carbocycles. The van der Waals surface area contributed by atoms with Gasteiger partial charge in [-0.1, -0.05) is 12.8 Å². The first-order chi connectivity index (χ1) is 5.36. The Morgan fingerprint density at radius 1 is 1.45 bits per heavy atom. The van der Waals surface area contributed by atoms with Crippen LogP contribution in [0.25, 0.3) is 0 Å². The zero-order chi connectivity index (χ0) is 7.68. The maximum Gasteiger partial charge on any atom is 0.159 e. The van der Waals surface area contributed by atoms with Crippen LogP contribution in [0.4, 0.5) is 0 Å². The summed E-state index contributed by atoms with van der Waals surface area (Å²) in [6.45, 7) is 0. The quantitative estimate of drug-likeness (QED) is 0.721. The third kappa shape index (κ3) is 1.64. The molecule has 0 bridgehead atoms. The lowest BCUT2D eigenvalue weighted by molar-refractivity contribution is 0.702. The molecule has 1 nitrogen and oxygen atoms in total. The minimum atomic E-state index is 0.762. The van der Waals surface area contributed by atoms with Crippen molar-refractivity contribution < 1.29 is 0 Å². The molecule has 0 N–H and O–H groups in total. The van der Waals surface area contributed by atoms with Crippen LogP contribution in [0.2, 0.25) is 0 Å². The summed E-state index contributed by atoms with van der Waals surface area (Å²) in [6.07, 6.45) is 5.46. The van der Waals surface area contributed by atoms with Crippen LogP contribution in [0.1, 0.15) is 37.3 Å². The average molecular weight is 232 g/mol. The smallest absolute Gasteiger partial charge is 0.159 e. The topological polar surface area (TPSA) is 12.9 Å². The number of rotatable bonds is 1. The van der Waals surface area contributed by atoms with Crippen LogP contribution in [0, 0.1) is 0 Å². The minimum Gasteiger partial charge on any atom is -0.234 e. The molecule has 1 aromatic heterocycles. The highest BCUT2D eigenvalue weighted by molar-refractivity contribution is 9.11. The first-order valence-electron chi connectivity index (χ1n) is 3.97. The van der Waals surface area contributed by atoms with E-state index in [1.807, 2.05) is 0 Å². The van der Waals surface area contributed by atoms with Gasteiger partial charge in [0, 0.05) is 11.3 Å². The Bertz CT molecular complexity index is 240. The summed E-state index contributed by atoms with van der Waals surface area (Å²) in [6, 6.07) is 0. The van der Waals surface area contributed by atoms with Crippen LogP contribution in [0.15, 0.2) is 9.30 Å². The molecular formula is C8H10BrNS. The zero-order valence-electron chi connectivity index (χ0n) is 6.22. The molecule has 60 valence electrons. The van der Waals surface area contributed by atoms with E-state index in [2.05, 4.69) is 26.3 Å². The van der Waals surface area contributed by atoms with E-state index in [9.17, 15) is 0 Å². The molecule has 1 aliphatic rings. The Kier molecular flexibility index (Phi) is 2.28. The minimum absolute atomic E-state index is 0.762. The lowest BCUT2D eigenvalue weighted by Crippen LogP contribution is -1.90. The summed E-state index contributed by atoms with van der Waals surface area (Å²) in [5, 5.41) is 2.18. The van der Waals surface area contributed by atoms with Gasteiger partial charge in [0.1, 0.15) is 0 Å². The number of hydrogen-bond acceptors (Lipinski definition) is 2. The van der Waals surface area contributed by atoms with Crippen molar-refractivity contribution in [2.24, 2.45) is 0 Å². The lowest BCUT2D eigenvalue weighted by atomic mass is 10.1. The summed E-state index contributed by atoms with van der Waals surface area (Å²) in [5.74, 6) is 0.762. The molecule has 1 fully saturated rings. The van der Waals surface area contributed by atoms with Gasteiger partial charge < -0.3 is 0 Å². The van der Waals surface area contributed by atoms with Gasteiger partial charge in [0.05, 0.1) is 5.69 Å². The maximum atomic E-state index is 4.43. The number of aromatic nitrogens is 1. The fraction of sp³-hybridized carbons (Fsp3) is 0.625. The van der Waals surface area contributed by atoms with Gasteiger partial charge in [-0.25, -0.2) is 4.98 Å². The zero-order valence-corrected chi connectivity index (χ0v) is 8.62. The highest BCUT2D eigenvalue weighted by atomic mass is 79.9. The van der Waals surface area contributed by atoms with Crippen LogP contribution in [-0.2, 0) is 0 Å². The fourth-order valence-corrected chi connectivity index (χ4v) is 2.78. The summed E-state index contributed by atoms with van der Waals surface area (Å²) in [7, 11) is 0. The molecule has 0 aliphatic heterocycles. The van der Waals surface area contributed by atoms with Gasteiger partial charge in [-0.05, 0) is 28.8 Å². The van der Waals surface area contributed by atoms with Gasteiger partial charge in [-0.15, -0.1) is 11.3 Å². The second-order valence-corrected chi connectivity index (χ2v) is 5.14. The highest BCUT2D eigenvalue weighted by Crippen LogP contribution is 2.35. The Balaban J connectivity index is 2.15. The number of nitrogens with zero attached hydrogens (tertiary/aromatic N) is 1. The van der Waals surface area contributed by atoms with Gasteiger partial charge >= 0.3 is 0 Å². The monoisotopic (exact) mass is 231 g/mol. The molecule has 2 rings (SSSR count). The molecule has 0 saturated heterocycles. The Hall–Kier alpha value is 0.110. The molecule has 11 heavy (non-hydrogen) atoms. The molecule has 0 aromatic carbocycles. The van der Waals surface area contributed by atoms with Crippen molar-refractivity contribution in [1.29, 1.82) is 0 Å². The van der Waals surface area contributed by atoms with Gasteiger partial charge in [0.25, 0.3) is 0 Å². The molecule has 1 saturated carbocycles. The van der Waals surface area contributed by atoms with Gasteiger partial charge in [0.15, 0.2) is 3.92 Å². The first kappa shape index (κ1) is 7.74. The van der Waals surface area contributed by atoms with Crippen molar-refractivity contribution in [1.82, 2.24) is 4.98 Å². The van der Waals surface area contributed by atoms with Crippen LogP contribution in [0.3, 0.4) is 0 Å². The van der Waals surface area contributed by atoms with Crippen molar-refractivity contribution in [2.75, 3.05) is 0 Å². The molecule has 3 heteroatoms. The van der Waals surface area contributed by atoms with Gasteiger partial charge in [-0.2, -0.15) is 0 Å². The van der Waals surface area contributed by atoms with E-state index in [1.165, 1.54) is 31.4 Å². The SMILES string of the molecule is Brc1nc(C2CCCC2)cs1. The maximum absolute atomic E-state index is 4.43. The average Bonchev–Trinajstić information content (AvgIpc) is 2.55. The van der Waals surface area contributed by atoms with Crippen molar-refractivity contribution in [3.8, 4) is 0 Å². The first-order valence-corrected chi connectivity index (χ1v) is 5.64. The Labute approximate surface area is 79.0 Å². The summed E-state index contributed by atoms with van der Waals surface area (Å²) in [5.41, 5.74) is 1.30. The summed E-state index contributed by atoms with van der Waals surface area (Å²) in [4.78, 5) is 4.43. The molecule has 0 amide bonds. The van der Waals surface area contributed by atoms with Crippen molar-refractivity contribution in [3.63, 3.8) is 0 Å². The van der Waals surface area contributed by atoms with Crippen molar-refractivity contribution in [3.05, 3.63) is 15.0 Å². The molecule has 1 aromatic rings. The molecule has 0 unspecified atom stereocenters. The van der Waals surface area contributed by atoms with E-state index in [0.717, 1.165) is 9.83 Å². The van der Waals surface area contributed by atoms with E-state index < -0.39 is 0 Å².